The van der Waals surface area contributed by atoms with E-state index in [-0.39, 0.29) is 10.8 Å². The quantitative estimate of drug-likeness (QED) is 0.564. The lowest BCUT2D eigenvalue weighted by atomic mass is 9.99. The van der Waals surface area contributed by atoms with Crippen LogP contribution in [0.15, 0.2) is 39.3 Å². The predicted octanol–water partition coefficient (Wildman–Crippen LogP) is 4.33. The number of nitrogens with zero attached hydrogens (tertiary/aromatic N) is 1. The minimum Gasteiger partial charge on any atom is -0.468 e. The molecule has 0 saturated heterocycles. The van der Waals surface area contributed by atoms with E-state index in [1.807, 2.05) is 18.2 Å². The molecule has 4 nitrogen and oxygen atoms in total. The summed E-state index contributed by atoms with van der Waals surface area (Å²) in [6, 6.07) is 9.07. The summed E-state index contributed by atoms with van der Waals surface area (Å²) in [6.45, 7) is 12.9. The van der Waals surface area contributed by atoms with E-state index >= 15 is 0 Å². The highest BCUT2D eigenvalue weighted by Crippen LogP contribution is 2.45. The van der Waals surface area contributed by atoms with Crippen LogP contribution >= 0.6 is 0 Å². The molecule has 0 bridgehead atoms. The van der Waals surface area contributed by atoms with Crippen LogP contribution in [0.3, 0.4) is 0 Å². The van der Waals surface area contributed by atoms with Crippen LogP contribution in [-0.4, -0.2) is 31.3 Å². The zero-order chi connectivity index (χ0) is 17.9. The number of carbonyl (C=O) groups excluding carboxylic acids is 1. The van der Waals surface area contributed by atoms with Crippen molar-refractivity contribution in [3.05, 3.63) is 30.3 Å². The Bertz CT molecular complexity index is 660. The molecule has 1 rings (SSSR count). The van der Waals surface area contributed by atoms with E-state index in [4.69, 9.17) is 8.77 Å². The zero-order valence-electron chi connectivity index (χ0n) is 15.3. The van der Waals surface area contributed by atoms with Gasteiger partial charge < -0.3 is 4.74 Å². The summed E-state index contributed by atoms with van der Waals surface area (Å²) in [6.07, 6.45) is 0. The molecule has 130 valence electrons. The third-order valence-corrected chi connectivity index (χ3v) is 13.4. The van der Waals surface area contributed by atoms with Crippen molar-refractivity contribution >= 4 is 23.9 Å². The Balaban J connectivity index is 3.52. The third-order valence-electron chi connectivity index (χ3n) is 5.05. The standard InChI is InChI=1S/C17H29NO3SSi/c1-14(2)17(3,4)23(6,7)18-22(20,13-16(19)21-5)15-11-9-8-10-12-15/h8-12,14H,13H2,1-7H3. The second-order valence-corrected chi connectivity index (χ2v) is 14.4. The maximum Gasteiger partial charge on any atom is 0.319 e. The lowest BCUT2D eigenvalue weighted by molar-refractivity contribution is -0.137. The van der Waals surface area contributed by atoms with Gasteiger partial charge in [0.2, 0.25) is 0 Å². The molecule has 1 atom stereocenters. The van der Waals surface area contributed by atoms with Crippen molar-refractivity contribution in [2.24, 2.45) is 9.95 Å². The smallest absolute Gasteiger partial charge is 0.319 e. The Kier molecular flexibility index (Phi) is 6.21. The molecule has 0 N–H and O–H groups in total. The van der Waals surface area contributed by atoms with E-state index in [9.17, 15) is 9.00 Å². The topological polar surface area (TPSA) is 55.7 Å². The van der Waals surface area contributed by atoms with Gasteiger partial charge in [0.1, 0.15) is 5.75 Å². The first-order chi connectivity index (χ1) is 10.5. The fourth-order valence-corrected chi connectivity index (χ4v) is 9.38. The van der Waals surface area contributed by atoms with Gasteiger partial charge in [0.25, 0.3) is 0 Å². The van der Waals surface area contributed by atoms with Crippen molar-refractivity contribution < 1.29 is 13.7 Å². The Hall–Kier alpha value is -1.14. The molecule has 0 aliphatic carbocycles. The average molecular weight is 356 g/mol. The highest BCUT2D eigenvalue weighted by Gasteiger charge is 2.43. The molecule has 0 amide bonds. The summed E-state index contributed by atoms with van der Waals surface area (Å²) < 4.78 is 23.2. The Labute approximate surface area is 141 Å². The van der Waals surface area contributed by atoms with Crippen LogP contribution in [-0.2, 0) is 19.3 Å². The van der Waals surface area contributed by atoms with Crippen LogP contribution in [0.4, 0.5) is 0 Å². The maximum atomic E-state index is 13.6. The molecule has 0 aliphatic heterocycles. The lowest BCUT2D eigenvalue weighted by Gasteiger charge is -2.40. The van der Waals surface area contributed by atoms with E-state index in [2.05, 4.69) is 40.8 Å². The molecule has 6 heteroatoms. The third kappa shape index (κ3) is 4.44. The number of benzene rings is 1. The van der Waals surface area contributed by atoms with Gasteiger partial charge in [-0.2, -0.15) is 0 Å². The van der Waals surface area contributed by atoms with Crippen molar-refractivity contribution in [3.63, 3.8) is 0 Å². The van der Waals surface area contributed by atoms with Gasteiger partial charge in [-0.1, -0.05) is 45.9 Å². The minimum atomic E-state index is -2.84. The average Bonchev–Trinajstić information content (AvgIpc) is 2.47. The highest BCUT2D eigenvalue weighted by atomic mass is 32.2. The molecule has 1 aromatic carbocycles. The fourth-order valence-electron chi connectivity index (χ4n) is 2.21. The van der Waals surface area contributed by atoms with Gasteiger partial charge >= 0.3 is 5.97 Å². The molecule has 0 fully saturated rings. The summed E-state index contributed by atoms with van der Waals surface area (Å²) >= 11 is 0. The largest absolute Gasteiger partial charge is 0.468 e. The first kappa shape index (κ1) is 19.9. The summed E-state index contributed by atoms with van der Waals surface area (Å²) in [5.41, 5.74) is 0. The summed E-state index contributed by atoms with van der Waals surface area (Å²) in [5, 5.41) is -0.0411. The van der Waals surface area contributed by atoms with Gasteiger partial charge in [0, 0.05) is 4.90 Å². The molecule has 0 saturated carbocycles. The number of rotatable bonds is 6. The molecule has 1 aromatic rings. The van der Waals surface area contributed by atoms with Gasteiger partial charge in [0.05, 0.1) is 16.8 Å². The Morgan fingerprint density at radius 2 is 1.78 bits per heavy atom. The zero-order valence-corrected chi connectivity index (χ0v) is 17.1. The monoisotopic (exact) mass is 355 g/mol. The molecule has 0 aliphatic rings. The Morgan fingerprint density at radius 1 is 1.26 bits per heavy atom. The van der Waals surface area contributed by atoms with E-state index in [1.54, 1.807) is 12.1 Å². The molecular formula is C17H29NO3SSi. The fraction of sp³-hybridized carbons (Fsp3) is 0.588. The molecule has 23 heavy (non-hydrogen) atoms. The van der Waals surface area contributed by atoms with Crippen molar-refractivity contribution in [2.45, 2.75) is 50.7 Å². The van der Waals surface area contributed by atoms with Gasteiger partial charge in [-0.25, -0.2) is 4.21 Å². The van der Waals surface area contributed by atoms with E-state index in [0.717, 1.165) is 0 Å². The van der Waals surface area contributed by atoms with E-state index < -0.39 is 23.9 Å². The molecule has 0 spiro atoms. The predicted molar refractivity (Wildman–Crippen MR) is 98.5 cm³/mol. The summed E-state index contributed by atoms with van der Waals surface area (Å²) in [7, 11) is -3.78. The second-order valence-electron chi connectivity index (χ2n) is 7.20. The summed E-state index contributed by atoms with van der Waals surface area (Å²) in [4.78, 5) is 12.4. The molecule has 0 heterocycles. The Morgan fingerprint density at radius 3 is 2.22 bits per heavy atom. The van der Waals surface area contributed by atoms with Crippen LogP contribution in [0.5, 0.6) is 0 Å². The van der Waals surface area contributed by atoms with Crippen molar-refractivity contribution in [1.29, 1.82) is 0 Å². The van der Waals surface area contributed by atoms with E-state index in [1.165, 1.54) is 7.11 Å². The lowest BCUT2D eigenvalue weighted by Crippen LogP contribution is -2.42. The minimum absolute atomic E-state index is 0.0411. The van der Waals surface area contributed by atoms with Gasteiger partial charge in [-0.15, -0.1) is 0 Å². The van der Waals surface area contributed by atoms with Crippen LogP contribution in [0.1, 0.15) is 27.7 Å². The summed E-state index contributed by atoms with van der Waals surface area (Å²) in [5.74, 6) is -0.279. The second kappa shape index (κ2) is 7.17. The van der Waals surface area contributed by atoms with Gasteiger partial charge in [-0.05, 0) is 36.2 Å². The van der Waals surface area contributed by atoms with Crippen LogP contribution in [0, 0.1) is 5.92 Å². The molecular weight excluding hydrogens is 326 g/mol. The number of hydrogen-bond donors (Lipinski definition) is 0. The first-order valence-corrected chi connectivity index (χ1v) is 12.5. The van der Waals surface area contributed by atoms with Gasteiger partial charge in [0.15, 0.2) is 8.24 Å². The molecule has 0 aromatic heterocycles. The highest BCUT2D eigenvalue weighted by molar-refractivity contribution is 7.95. The number of methoxy groups -OCH3 is 1. The van der Waals surface area contributed by atoms with Crippen LogP contribution in [0.2, 0.25) is 18.1 Å². The van der Waals surface area contributed by atoms with Crippen molar-refractivity contribution in [1.82, 2.24) is 0 Å². The van der Waals surface area contributed by atoms with Crippen molar-refractivity contribution in [3.8, 4) is 0 Å². The first-order valence-electron chi connectivity index (χ1n) is 7.84. The maximum absolute atomic E-state index is 13.6. The van der Waals surface area contributed by atoms with Crippen LogP contribution in [0.25, 0.3) is 0 Å². The number of ether oxygens (including phenoxy) is 1. The normalized spacial score (nSPS) is 15.1. The SMILES string of the molecule is COC(=O)CS(=O)(=N[Si](C)(C)C(C)(C)C(C)C)c1ccccc1. The number of hydrogen-bond acceptors (Lipinski definition) is 4. The van der Waals surface area contributed by atoms with E-state index in [0.29, 0.717) is 10.8 Å². The molecule has 1 unspecified atom stereocenters. The number of esters is 1. The van der Waals surface area contributed by atoms with Crippen molar-refractivity contribution in [2.75, 3.05) is 12.9 Å². The van der Waals surface area contributed by atoms with Gasteiger partial charge in [-0.3, -0.25) is 8.82 Å². The molecule has 0 radical (unpaired) electrons. The number of carbonyl (C=O) groups is 1. The van der Waals surface area contributed by atoms with Crippen LogP contribution < -0.4 is 0 Å².